The molecule has 18 heavy (non-hydrogen) atoms. The van der Waals surface area contributed by atoms with Gasteiger partial charge in [-0.2, -0.15) is 0 Å². The van der Waals surface area contributed by atoms with Gasteiger partial charge in [-0.25, -0.2) is 0 Å². The standard InChI is InChI=1S/C13H27N3O2/c1-11(13(17)14-2)16-7-4-5-12(10-16)9-15-6-8-18-3/h11-12,15H,4-10H2,1-3H3,(H,14,17). The molecule has 0 aromatic heterocycles. The zero-order chi connectivity index (χ0) is 13.4. The van der Waals surface area contributed by atoms with Gasteiger partial charge in [-0.1, -0.05) is 0 Å². The first kappa shape index (κ1) is 15.4. The van der Waals surface area contributed by atoms with Crippen molar-refractivity contribution in [3.63, 3.8) is 0 Å². The van der Waals surface area contributed by atoms with Crippen molar-refractivity contribution in [3.05, 3.63) is 0 Å². The highest BCUT2D eigenvalue weighted by Gasteiger charge is 2.26. The second-order valence-electron chi connectivity index (χ2n) is 4.99. The Bertz CT molecular complexity index is 248. The van der Waals surface area contributed by atoms with Gasteiger partial charge in [0.05, 0.1) is 12.6 Å². The van der Waals surface area contributed by atoms with Crippen molar-refractivity contribution in [1.29, 1.82) is 0 Å². The van der Waals surface area contributed by atoms with Crippen molar-refractivity contribution in [3.8, 4) is 0 Å². The van der Waals surface area contributed by atoms with E-state index in [1.165, 1.54) is 12.8 Å². The molecule has 0 aromatic carbocycles. The number of hydrogen-bond acceptors (Lipinski definition) is 4. The second-order valence-corrected chi connectivity index (χ2v) is 4.99. The van der Waals surface area contributed by atoms with E-state index in [0.717, 1.165) is 32.8 Å². The van der Waals surface area contributed by atoms with Crippen LogP contribution in [0.3, 0.4) is 0 Å². The van der Waals surface area contributed by atoms with Crippen LogP contribution in [0.25, 0.3) is 0 Å². The van der Waals surface area contributed by atoms with Crippen LogP contribution in [0.2, 0.25) is 0 Å². The highest BCUT2D eigenvalue weighted by molar-refractivity contribution is 5.80. The van der Waals surface area contributed by atoms with Gasteiger partial charge in [0.25, 0.3) is 0 Å². The zero-order valence-electron chi connectivity index (χ0n) is 11.9. The van der Waals surface area contributed by atoms with Crippen molar-refractivity contribution in [2.24, 2.45) is 5.92 Å². The van der Waals surface area contributed by atoms with E-state index in [9.17, 15) is 4.79 Å². The first-order valence-corrected chi connectivity index (χ1v) is 6.84. The van der Waals surface area contributed by atoms with E-state index < -0.39 is 0 Å². The van der Waals surface area contributed by atoms with E-state index in [-0.39, 0.29) is 11.9 Å². The fraction of sp³-hybridized carbons (Fsp3) is 0.923. The third kappa shape index (κ3) is 4.92. The Morgan fingerprint density at radius 1 is 1.56 bits per heavy atom. The lowest BCUT2D eigenvalue weighted by molar-refractivity contribution is -0.126. The maximum atomic E-state index is 11.6. The highest BCUT2D eigenvalue weighted by Crippen LogP contribution is 2.17. The van der Waals surface area contributed by atoms with Crippen molar-refractivity contribution < 1.29 is 9.53 Å². The molecule has 1 saturated heterocycles. The molecule has 2 atom stereocenters. The topological polar surface area (TPSA) is 53.6 Å². The summed E-state index contributed by atoms with van der Waals surface area (Å²) in [5.74, 6) is 0.755. The molecule has 5 nitrogen and oxygen atoms in total. The number of piperidine rings is 1. The molecule has 0 aromatic rings. The molecule has 1 aliphatic heterocycles. The van der Waals surface area contributed by atoms with Crippen LogP contribution in [0.15, 0.2) is 0 Å². The molecule has 1 fully saturated rings. The number of nitrogens with zero attached hydrogens (tertiary/aromatic N) is 1. The van der Waals surface area contributed by atoms with Gasteiger partial charge in [0, 0.05) is 27.2 Å². The van der Waals surface area contributed by atoms with Crippen LogP contribution in [0.4, 0.5) is 0 Å². The summed E-state index contributed by atoms with van der Waals surface area (Å²) in [4.78, 5) is 13.9. The lowest BCUT2D eigenvalue weighted by Gasteiger charge is -2.36. The highest BCUT2D eigenvalue weighted by atomic mass is 16.5. The van der Waals surface area contributed by atoms with Crippen LogP contribution in [0, 0.1) is 5.92 Å². The zero-order valence-corrected chi connectivity index (χ0v) is 11.9. The number of likely N-dealkylation sites (N-methyl/N-ethyl adjacent to an activating group) is 1. The van der Waals surface area contributed by atoms with E-state index >= 15 is 0 Å². The average Bonchev–Trinajstić information content (AvgIpc) is 2.42. The summed E-state index contributed by atoms with van der Waals surface area (Å²) in [6, 6.07) is -0.0169. The maximum Gasteiger partial charge on any atom is 0.236 e. The molecule has 0 bridgehead atoms. The third-order valence-corrected chi connectivity index (χ3v) is 3.64. The number of ether oxygens (including phenoxy) is 1. The summed E-state index contributed by atoms with van der Waals surface area (Å²) in [6.07, 6.45) is 2.43. The molecule has 2 unspecified atom stereocenters. The number of methoxy groups -OCH3 is 1. The van der Waals surface area contributed by atoms with Crippen molar-refractivity contribution in [1.82, 2.24) is 15.5 Å². The number of likely N-dealkylation sites (tertiary alicyclic amines) is 1. The maximum absolute atomic E-state index is 11.6. The van der Waals surface area contributed by atoms with Gasteiger partial charge in [-0.15, -0.1) is 0 Å². The predicted octanol–water partition coefficient (Wildman–Crippen LogP) is 0.0689. The minimum atomic E-state index is -0.0169. The second kappa shape index (κ2) is 8.45. The van der Waals surface area contributed by atoms with E-state index in [4.69, 9.17) is 4.74 Å². The summed E-state index contributed by atoms with van der Waals surface area (Å²) >= 11 is 0. The lowest BCUT2D eigenvalue weighted by Crippen LogP contribution is -2.49. The van der Waals surface area contributed by atoms with Gasteiger partial charge < -0.3 is 15.4 Å². The molecule has 1 heterocycles. The van der Waals surface area contributed by atoms with E-state index in [0.29, 0.717) is 5.92 Å². The van der Waals surface area contributed by atoms with E-state index in [1.807, 2.05) is 6.92 Å². The summed E-state index contributed by atoms with van der Waals surface area (Å²) in [7, 11) is 3.42. The molecule has 106 valence electrons. The summed E-state index contributed by atoms with van der Waals surface area (Å²) in [5, 5.41) is 6.13. The molecular formula is C13H27N3O2. The van der Waals surface area contributed by atoms with Crippen LogP contribution in [0.1, 0.15) is 19.8 Å². The molecule has 1 aliphatic rings. The molecule has 1 amide bonds. The first-order chi connectivity index (χ1) is 8.69. The number of nitrogens with one attached hydrogen (secondary N) is 2. The van der Waals surface area contributed by atoms with Crippen LogP contribution >= 0.6 is 0 Å². The van der Waals surface area contributed by atoms with Gasteiger partial charge >= 0.3 is 0 Å². The lowest BCUT2D eigenvalue weighted by atomic mass is 9.96. The molecular weight excluding hydrogens is 230 g/mol. The van der Waals surface area contributed by atoms with Gasteiger partial charge in [0.15, 0.2) is 0 Å². The van der Waals surface area contributed by atoms with Crippen molar-refractivity contribution in [2.75, 3.05) is 46.9 Å². The Labute approximate surface area is 110 Å². The smallest absolute Gasteiger partial charge is 0.236 e. The molecule has 0 aliphatic carbocycles. The van der Waals surface area contributed by atoms with Crippen LogP contribution in [-0.4, -0.2) is 63.8 Å². The first-order valence-electron chi connectivity index (χ1n) is 6.84. The number of rotatable bonds is 7. The Kier molecular flexibility index (Phi) is 7.23. The molecule has 0 saturated carbocycles. The van der Waals surface area contributed by atoms with E-state index in [1.54, 1.807) is 14.2 Å². The molecule has 2 N–H and O–H groups in total. The summed E-state index contributed by atoms with van der Waals surface area (Å²) in [6.45, 7) is 6.70. The predicted molar refractivity (Wildman–Crippen MR) is 72.6 cm³/mol. The fourth-order valence-electron chi connectivity index (χ4n) is 2.47. The summed E-state index contributed by atoms with van der Waals surface area (Å²) < 4.78 is 5.01. The SMILES string of the molecule is CNC(=O)C(C)N1CCCC(CNCCOC)C1. The van der Waals surface area contributed by atoms with Crippen LogP contribution in [-0.2, 0) is 9.53 Å². The van der Waals surface area contributed by atoms with Crippen LogP contribution in [0.5, 0.6) is 0 Å². The minimum Gasteiger partial charge on any atom is -0.383 e. The fourth-order valence-corrected chi connectivity index (χ4v) is 2.47. The number of amides is 1. The van der Waals surface area contributed by atoms with Gasteiger partial charge in [0.1, 0.15) is 0 Å². The Morgan fingerprint density at radius 2 is 2.33 bits per heavy atom. The molecule has 5 heteroatoms. The van der Waals surface area contributed by atoms with Gasteiger partial charge in [-0.05, 0) is 38.8 Å². The minimum absolute atomic E-state index is 0.0169. The van der Waals surface area contributed by atoms with Crippen molar-refractivity contribution in [2.45, 2.75) is 25.8 Å². The molecule has 1 rings (SSSR count). The third-order valence-electron chi connectivity index (χ3n) is 3.64. The van der Waals surface area contributed by atoms with Crippen molar-refractivity contribution >= 4 is 5.91 Å². The normalized spacial score (nSPS) is 22.7. The van der Waals surface area contributed by atoms with Crippen LogP contribution < -0.4 is 10.6 Å². The van der Waals surface area contributed by atoms with Gasteiger partial charge in [-0.3, -0.25) is 9.69 Å². The number of carbonyl (C=O) groups is 1. The quantitative estimate of drug-likeness (QED) is 0.634. The largest absolute Gasteiger partial charge is 0.383 e. The van der Waals surface area contributed by atoms with Gasteiger partial charge in [0.2, 0.25) is 5.91 Å². The number of hydrogen-bond donors (Lipinski definition) is 2. The summed E-state index contributed by atoms with van der Waals surface area (Å²) in [5.41, 5.74) is 0. The Balaban J connectivity index is 2.29. The number of carbonyl (C=O) groups excluding carboxylic acids is 1. The Hall–Kier alpha value is -0.650. The molecule has 0 spiro atoms. The molecule has 0 radical (unpaired) electrons. The van der Waals surface area contributed by atoms with E-state index in [2.05, 4.69) is 15.5 Å². The monoisotopic (exact) mass is 257 g/mol. The Morgan fingerprint density at radius 3 is 3.00 bits per heavy atom. The average molecular weight is 257 g/mol.